The molecule has 2 rings (SSSR count). The standard InChI is InChI=1S/C18H22F3N3O5/c1-9(2)24-10(3)22-17(16(24)26,18(19,20)21)23-15(25)11-7-12(27-4)14(29-6)13(8-11)28-5/h7-9H,1-6H3,(H,23,25). The lowest BCUT2D eigenvalue weighted by Crippen LogP contribution is -2.64. The Hall–Kier alpha value is -2.98. The summed E-state index contributed by atoms with van der Waals surface area (Å²) in [5.41, 5.74) is -3.65. The number of rotatable bonds is 6. The summed E-state index contributed by atoms with van der Waals surface area (Å²) in [4.78, 5) is 29.8. The molecule has 160 valence electrons. The highest BCUT2D eigenvalue weighted by Crippen LogP contribution is 2.40. The van der Waals surface area contributed by atoms with E-state index in [2.05, 4.69) is 4.99 Å². The molecular formula is C18H22F3N3O5. The van der Waals surface area contributed by atoms with Gasteiger partial charge in [-0.25, -0.2) is 4.99 Å². The molecule has 0 radical (unpaired) electrons. The van der Waals surface area contributed by atoms with Crippen molar-refractivity contribution in [2.75, 3.05) is 21.3 Å². The molecule has 1 aliphatic rings. The molecule has 1 N–H and O–H groups in total. The number of hydrogen-bond donors (Lipinski definition) is 1. The molecule has 2 amide bonds. The molecule has 11 heteroatoms. The molecule has 1 aliphatic heterocycles. The van der Waals surface area contributed by atoms with Gasteiger partial charge < -0.3 is 19.5 Å². The Morgan fingerprint density at radius 1 is 1.14 bits per heavy atom. The van der Waals surface area contributed by atoms with E-state index in [0.29, 0.717) is 0 Å². The van der Waals surface area contributed by atoms with E-state index < -0.39 is 29.7 Å². The third-order valence-corrected chi connectivity index (χ3v) is 4.35. The van der Waals surface area contributed by atoms with Crippen molar-refractivity contribution in [1.82, 2.24) is 10.2 Å². The Bertz CT molecular complexity index is 829. The molecule has 0 saturated heterocycles. The first-order chi connectivity index (χ1) is 13.4. The number of carbonyl (C=O) groups excluding carboxylic acids is 2. The first kappa shape index (κ1) is 22.3. The van der Waals surface area contributed by atoms with Crippen molar-refractivity contribution in [3.8, 4) is 17.2 Å². The van der Waals surface area contributed by atoms with Crippen LogP contribution in [0.15, 0.2) is 17.1 Å². The number of methoxy groups -OCH3 is 3. The molecule has 0 saturated carbocycles. The fraction of sp³-hybridized carbons (Fsp3) is 0.500. The Kier molecular flexibility index (Phi) is 6.00. The van der Waals surface area contributed by atoms with Crippen LogP contribution >= 0.6 is 0 Å². The predicted molar refractivity (Wildman–Crippen MR) is 97.4 cm³/mol. The summed E-state index contributed by atoms with van der Waals surface area (Å²) in [6.45, 7) is 4.37. The van der Waals surface area contributed by atoms with E-state index in [1.54, 1.807) is 19.2 Å². The fourth-order valence-electron chi connectivity index (χ4n) is 3.06. The number of nitrogens with one attached hydrogen (secondary N) is 1. The van der Waals surface area contributed by atoms with Crippen LogP contribution in [-0.2, 0) is 4.79 Å². The Balaban J connectivity index is 2.53. The van der Waals surface area contributed by atoms with Crippen LogP contribution in [0.2, 0.25) is 0 Å². The molecule has 29 heavy (non-hydrogen) atoms. The Labute approximate surface area is 165 Å². The molecule has 8 nitrogen and oxygen atoms in total. The number of nitrogens with zero attached hydrogens (tertiary/aromatic N) is 2. The quantitative estimate of drug-likeness (QED) is 0.768. The minimum atomic E-state index is -5.16. The maximum Gasteiger partial charge on any atom is 0.442 e. The highest BCUT2D eigenvalue weighted by Gasteiger charge is 2.67. The van der Waals surface area contributed by atoms with Gasteiger partial charge in [-0.2, -0.15) is 13.2 Å². The number of alkyl halides is 3. The van der Waals surface area contributed by atoms with E-state index >= 15 is 0 Å². The summed E-state index contributed by atoms with van der Waals surface area (Å²) in [6, 6.07) is 1.78. The summed E-state index contributed by atoms with van der Waals surface area (Å²) in [5.74, 6) is -2.41. The van der Waals surface area contributed by atoms with E-state index in [9.17, 15) is 22.8 Å². The van der Waals surface area contributed by atoms with E-state index in [1.165, 1.54) is 40.4 Å². The molecule has 1 heterocycles. The van der Waals surface area contributed by atoms with Crippen molar-refractivity contribution < 1.29 is 37.0 Å². The molecule has 1 unspecified atom stereocenters. The number of hydrogen-bond acceptors (Lipinski definition) is 6. The first-order valence-corrected chi connectivity index (χ1v) is 8.52. The largest absolute Gasteiger partial charge is 0.493 e. The third kappa shape index (κ3) is 3.68. The lowest BCUT2D eigenvalue weighted by atomic mass is 10.1. The average molecular weight is 417 g/mol. The third-order valence-electron chi connectivity index (χ3n) is 4.35. The van der Waals surface area contributed by atoms with Crippen molar-refractivity contribution in [2.45, 2.75) is 38.7 Å². The number of carbonyl (C=O) groups is 2. The van der Waals surface area contributed by atoms with Gasteiger partial charge in [0.05, 0.1) is 21.3 Å². The Morgan fingerprint density at radius 3 is 2.00 bits per heavy atom. The summed E-state index contributed by atoms with van der Waals surface area (Å²) < 4.78 is 57.1. The van der Waals surface area contributed by atoms with Gasteiger partial charge in [-0.15, -0.1) is 0 Å². The molecule has 0 aromatic heterocycles. The topological polar surface area (TPSA) is 89.5 Å². The van der Waals surface area contributed by atoms with Gasteiger partial charge in [-0.1, -0.05) is 0 Å². The highest BCUT2D eigenvalue weighted by molar-refractivity contribution is 6.10. The van der Waals surface area contributed by atoms with Gasteiger partial charge in [0, 0.05) is 11.6 Å². The van der Waals surface area contributed by atoms with Crippen LogP contribution in [0.1, 0.15) is 31.1 Å². The molecule has 0 aliphatic carbocycles. The molecule has 1 atom stereocenters. The molecule has 0 fully saturated rings. The van der Waals surface area contributed by atoms with Gasteiger partial charge in [0.2, 0.25) is 5.75 Å². The van der Waals surface area contributed by atoms with Crippen LogP contribution in [0, 0.1) is 0 Å². The number of amidine groups is 1. The maximum absolute atomic E-state index is 13.9. The lowest BCUT2D eigenvalue weighted by Gasteiger charge is -2.30. The lowest BCUT2D eigenvalue weighted by molar-refractivity contribution is -0.196. The number of benzene rings is 1. The number of aliphatic imine (C=N–C) groups is 1. The van der Waals surface area contributed by atoms with E-state index in [4.69, 9.17) is 14.2 Å². The number of halogens is 3. The maximum atomic E-state index is 13.9. The van der Waals surface area contributed by atoms with Gasteiger partial charge in [-0.05, 0) is 32.9 Å². The van der Waals surface area contributed by atoms with E-state index in [-0.39, 0.29) is 28.6 Å². The normalized spacial score (nSPS) is 19.3. The van der Waals surface area contributed by atoms with E-state index in [1.807, 2.05) is 0 Å². The van der Waals surface area contributed by atoms with Gasteiger partial charge in [0.15, 0.2) is 11.5 Å². The Morgan fingerprint density at radius 2 is 1.66 bits per heavy atom. The fourth-order valence-corrected chi connectivity index (χ4v) is 3.06. The molecule has 1 aromatic carbocycles. The average Bonchev–Trinajstić information content (AvgIpc) is 2.90. The van der Waals surface area contributed by atoms with Gasteiger partial charge in [-0.3, -0.25) is 14.5 Å². The van der Waals surface area contributed by atoms with Crippen LogP contribution in [0.5, 0.6) is 17.2 Å². The summed E-state index contributed by atoms with van der Waals surface area (Å²) >= 11 is 0. The second kappa shape index (κ2) is 7.80. The summed E-state index contributed by atoms with van der Waals surface area (Å²) in [5, 5.41) is 1.76. The minimum Gasteiger partial charge on any atom is -0.493 e. The molecule has 0 bridgehead atoms. The van der Waals surface area contributed by atoms with Crippen molar-refractivity contribution >= 4 is 17.6 Å². The monoisotopic (exact) mass is 417 g/mol. The molecule has 0 spiro atoms. The summed E-state index contributed by atoms with van der Waals surface area (Å²) in [7, 11) is 3.93. The van der Waals surface area contributed by atoms with Crippen LogP contribution < -0.4 is 19.5 Å². The molecule has 1 aromatic rings. The second-order valence-corrected chi connectivity index (χ2v) is 6.50. The van der Waals surface area contributed by atoms with Gasteiger partial charge >= 0.3 is 11.8 Å². The van der Waals surface area contributed by atoms with Crippen LogP contribution in [0.4, 0.5) is 13.2 Å². The summed E-state index contributed by atoms with van der Waals surface area (Å²) in [6.07, 6.45) is -5.16. The van der Waals surface area contributed by atoms with Crippen LogP contribution in [0.25, 0.3) is 0 Å². The van der Waals surface area contributed by atoms with Crippen molar-refractivity contribution in [3.63, 3.8) is 0 Å². The van der Waals surface area contributed by atoms with Crippen molar-refractivity contribution in [2.24, 2.45) is 4.99 Å². The number of amides is 2. The zero-order valence-corrected chi connectivity index (χ0v) is 16.8. The smallest absolute Gasteiger partial charge is 0.442 e. The zero-order valence-electron chi connectivity index (χ0n) is 16.8. The van der Waals surface area contributed by atoms with Gasteiger partial charge in [0.1, 0.15) is 5.84 Å². The van der Waals surface area contributed by atoms with Gasteiger partial charge in [0.25, 0.3) is 11.8 Å². The van der Waals surface area contributed by atoms with Crippen molar-refractivity contribution in [3.05, 3.63) is 17.7 Å². The number of ether oxygens (including phenoxy) is 3. The predicted octanol–water partition coefficient (Wildman–Crippen LogP) is 2.37. The zero-order chi connectivity index (χ0) is 22.1. The molecular weight excluding hydrogens is 395 g/mol. The second-order valence-electron chi connectivity index (χ2n) is 6.50. The van der Waals surface area contributed by atoms with Crippen LogP contribution in [-0.4, -0.2) is 61.8 Å². The minimum absolute atomic E-state index is 0.0688. The first-order valence-electron chi connectivity index (χ1n) is 8.52. The van der Waals surface area contributed by atoms with E-state index in [0.717, 1.165) is 4.90 Å². The highest BCUT2D eigenvalue weighted by atomic mass is 19.4. The van der Waals surface area contributed by atoms with Crippen LogP contribution in [0.3, 0.4) is 0 Å². The van der Waals surface area contributed by atoms with Crippen molar-refractivity contribution in [1.29, 1.82) is 0 Å². The SMILES string of the molecule is COc1cc(C(=O)NC2(C(F)(F)F)N=C(C)N(C(C)C)C2=O)cc(OC)c1OC.